The number of nitrogens with zero attached hydrogens (tertiary/aromatic N) is 1. The van der Waals surface area contributed by atoms with Gasteiger partial charge in [0.15, 0.2) is 5.96 Å². The van der Waals surface area contributed by atoms with Crippen molar-refractivity contribution in [2.75, 3.05) is 13.7 Å². The molecular weight excluding hydrogens is 190 g/mol. The van der Waals surface area contributed by atoms with Gasteiger partial charge in [-0.05, 0) is 24.6 Å². The lowest BCUT2D eigenvalue weighted by Gasteiger charge is -2.24. The number of hydrogen-bond donors (Lipinski definition) is 2. The van der Waals surface area contributed by atoms with Gasteiger partial charge in [0.25, 0.3) is 0 Å². The molecule has 0 radical (unpaired) electrons. The summed E-state index contributed by atoms with van der Waals surface area (Å²) in [5.41, 5.74) is 6.59. The van der Waals surface area contributed by atoms with Crippen LogP contribution in [-0.4, -0.2) is 19.6 Å². The van der Waals surface area contributed by atoms with Gasteiger partial charge < -0.3 is 15.8 Å². The summed E-state index contributed by atoms with van der Waals surface area (Å²) in [6, 6.07) is 7.94. The number of guanidine groups is 1. The Hall–Kier alpha value is -1.71. The van der Waals surface area contributed by atoms with Gasteiger partial charge in [0.2, 0.25) is 0 Å². The third-order valence-electron chi connectivity index (χ3n) is 2.70. The zero-order valence-corrected chi connectivity index (χ0v) is 8.95. The van der Waals surface area contributed by atoms with Gasteiger partial charge >= 0.3 is 0 Å². The quantitative estimate of drug-likeness (QED) is 0.751. The number of nitrogens with one attached hydrogen (secondary N) is 1. The molecule has 0 fully saturated rings. The van der Waals surface area contributed by atoms with Gasteiger partial charge in [-0.3, -0.25) is 4.99 Å². The van der Waals surface area contributed by atoms with E-state index in [1.54, 1.807) is 7.11 Å². The van der Waals surface area contributed by atoms with E-state index < -0.39 is 0 Å². The van der Waals surface area contributed by atoms with Crippen LogP contribution >= 0.6 is 0 Å². The lowest BCUT2D eigenvalue weighted by molar-refractivity contribution is 0.413. The van der Waals surface area contributed by atoms with E-state index in [9.17, 15) is 0 Å². The maximum absolute atomic E-state index is 5.62. The van der Waals surface area contributed by atoms with E-state index in [1.807, 2.05) is 24.3 Å². The number of aliphatic imine (C=N–C) groups is 1. The second kappa shape index (κ2) is 3.46. The van der Waals surface area contributed by atoms with E-state index in [-0.39, 0.29) is 5.54 Å². The van der Waals surface area contributed by atoms with Crippen molar-refractivity contribution in [1.29, 1.82) is 0 Å². The maximum Gasteiger partial charge on any atom is 0.189 e. The third kappa shape index (κ3) is 1.75. The second-order valence-corrected chi connectivity index (χ2v) is 3.89. The number of ether oxygens (including phenoxy) is 1. The average molecular weight is 205 g/mol. The standard InChI is InChI=1S/C11H15N3O/c1-11(7-13-10(12)14-11)8-3-5-9(15-2)6-4-8/h3-6H,7H2,1-2H3,(H3,12,13,14). The van der Waals surface area contributed by atoms with Crippen LogP contribution in [-0.2, 0) is 5.54 Å². The molecule has 1 atom stereocenters. The van der Waals surface area contributed by atoms with E-state index >= 15 is 0 Å². The fourth-order valence-electron chi connectivity index (χ4n) is 1.73. The average Bonchev–Trinajstić information content (AvgIpc) is 2.60. The van der Waals surface area contributed by atoms with E-state index in [2.05, 4.69) is 17.2 Å². The molecule has 15 heavy (non-hydrogen) atoms. The van der Waals surface area contributed by atoms with Crippen molar-refractivity contribution in [3.63, 3.8) is 0 Å². The lowest BCUT2D eigenvalue weighted by atomic mass is 9.93. The van der Waals surface area contributed by atoms with Crippen LogP contribution in [0, 0.1) is 0 Å². The van der Waals surface area contributed by atoms with Crippen LogP contribution in [0.15, 0.2) is 29.3 Å². The molecule has 3 N–H and O–H groups in total. The summed E-state index contributed by atoms with van der Waals surface area (Å²) in [7, 11) is 1.66. The first kappa shape index (κ1) is 9.83. The molecule has 0 bridgehead atoms. The smallest absolute Gasteiger partial charge is 0.189 e. The molecule has 1 aromatic carbocycles. The normalized spacial score (nSPS) is 24.5. The molecule has 1 aromatic rings. The topological polar surface area (TPSA) is 59.6 Å². The molecule has 0 spiro atoms. The van der Waals surface area contributed by atoms with Crippen LogP contribution in [0.1, 0.15) is 12.5 Å². The monoisotopic (exact) mass is 205 g/mol. The van der Waals surface area contributed by atoms with Gasteiger partial charge in [-0.15, -0.1) is 0 Å². The molecular formula is C11H15N3O. The Morgan fingerprint density at radius 1 is 1.40 bits per heavy atom. The summed E-state index contributed by atoms with van der Waals surface area (Å²) >= 11 is 0. The van der Waals surface area contributed by atoms with Gasteiger partial charge in [0.1, 0.15) is 5.75 Å². The zero-order valence-electron chi connectivity index (χ0n) is 8.95. The largest absolute Gasteiger partial charge is 0.497 e. The number of hydrogen-bond acceptors (Lipinski definition) is 4. The predicted octanol–water partition coefficient (Wildman–Crippen LogP) is 0.828. The minimum Gasteiger partial charge on any atom is -0.497 e. The van der Waals surface area contributed by atoms with Crippen LogP contribution < -0.4 is 15.8 Å². The number of benzene rings is 1. The molecule has 80 valence electrons. The molecule has 0 amide bonds. The summed E-state index contributed by atoms with van der Waals surface area (Å²) in [5.74, 6) is 1.36. The second-order valence-electron chi connectivity index (χ2n) is 3.89. The highest BCUT2D eigenvalue weighted by Crippen LogP contribution is 2.25. The molecule has 1 heterocycles. The lowest BCUT2D eigenvalue weighted by Crippen LogP contribution is -2.42. The van der Waals surface area contributed by atoms with Crippen molar-refractivity contribution in [1.82, 2.24) is 5.32 Å². The molecule has 4 heteroatoms. The Morgan fingerprint density at radius 3 is 2.53 bits per heavy atom. The molecule has 0 aliphatic carbocycles. The van der Waals surface area contributed by atoms with Gasteiger partial charge in [-0.2, -0.15) is 0 Å². The predicted molar refractivity (Wildman–Crippen MR) is 60.0 cm³/mol. The van der Waals surface area contributed by atoms with Gasteiger partial charge in [-0.1, -0.05) is 12.1 Å². The SMILES string of the molecule is COc1ccc(C2(C)CN=C(N)N2)cc1. The molecule has 2 rings (SSSR count). The Bertz CT molecular complexity index is 385. The Morgan fingerprint density at radius 2 is 2.07 bits per heavy atom. The summed E-state index contributed by atoms with van der Waals surface area (Å²) < 4.78 is 5.11. The minimum absolute atomic E-state index is 0.184. The molecule has 1 unspecified atom stereocenters. The highest BCUT2D eigenvalue weighted by molar-refractivity contribution is 5.81. The fourth-order valence-corrected chi connectivity index (χ4v) is 1.73. The zero-order chi connectivity index (χ0) is 10.9. The maximum atomic E-state index is 5.62. The van der Waals surface area contributed by atoms with Crippen molar-refractivity contribution in [2.45, 2.75) is 12.5 Å². The molecule has 1 aliphatic rings. The van der Waals surface area contributed by atoms with Gasteiger partial charge in [-0.25, -0.2) is 0 Å². The Balaban J connectivity index is 2.23. The summed E-state index contributed by atoms with van der Waals surface area (Å²) in [5, 5.41) is 3.17. The number of rotatable bonds is 2. The van der Waals surface area contributed by atoms with Crippen molar-refractivity contribution in [3.8, 4) is 5.75 Å². The summed E-state index contributed by atoms with van der Waals surface area (Å²) in [6.07, 6.45) is 0. The molecule has 0 saturated carbocycles. The summed E-state index contributed by atoms with van der Waals surface area (Å²) in [6.45, 7) is 2.75. The van der Waals surface area contributed by atoms with Crippen molar-refractivity contribution in [2.24, 2.45) is 10.7 Å². The van der Waals surface area contributed by atoms with Crippen molar-refractivity contribution in [3.05, 3.63) is 29.8 Å². The summed E-state index contributed by atoms with van der Waals surface area (Å²) in [4.78, 5) is 4.16. The van der Waals surface area contributed by atoms with E-state index in [0.717, 1.165) is 11.3 Å². The third-order valence-corrected chi connectivity index (χ3v) is 2.70. The van der Waals surface area contributed by atoms with E-state index in [0.29, 0.717) is 12.5 Å². The van der Waals surface area contributed by atoms with E-state index in [1.165, 1.54) is 0 Å². The van der Waals surface area contributed by atoms with Crippen LogP contribution in [0.5, 0.6) is 5.75 Å². The van der Waals surface area contributed by atoms with Crippen LogP contribution in [0.25, 0.3) is 0 Å². The highest BCUT2D eigenvalue weighted by Gasteiger charge is 2.30. The first-order valence-corrected chi connectivity index (χ1v) is 4.87. The van der Waals surface area contributed by atoms with E-state index in [4.69, 9.17) is 10.5 Å². The van der Waals surface area contributed by atoms with Crippen molar-refractivity contribution >= 4 is 5.96 Å². The molecule has 1 aliphatic heterocycles. The molecule has 0 saturated heterocycles. The van der Waals surface area contributed by atoms with Gasteiger partial charge in [0.05, 0.1) is 19.2 Å². The first-order valence-electron chi connectivity index (χ1n) is 4.87. The first-order chi connectivity index (χ1) is 7.14. The van der Waals surface area contributed by atoms with Crippen LogP contribution in [0.2, 0.25) is 0 Å². The number of nitrogens with two attached hydrogens (primary N) is 1. The Kier molecular flexibility index (Phi) is 2.26. The van der Waals surface area contributed by atoms with Crippen LogP contribution in [0.4, 0.5) is 0 Å². The van der Waals surface area contributed by atoms with Crippen LogP contribution in [0.3, 0.4) is 0 Å². The Labute approximate surface area is 89.1 Å². The molecule has 0 aromatic heterocycles. The molecule has 4 nitrogen and oxygen atoms in total. The number of methoxy groups -OCH3 is 1. The highest BCUT2D eigenvalue weighted by atomic mass is 16.5. The fraction of sp³-hybridized carbons (Fsp3) is 0.364. The minimum atomic E-state index is -0.184. The van der Waals surface area contributed by atoms with Crippen molar-refractivity contribution < 1.29 is 4.74 Å². The van der Waals surface area contributed by atoms with Gasteiger partial charge in [0, 0.05) is 0 Å².